The van der Waals surface area contributed by atoms with Crippen molar-refractivity contribution in [3.8, 4) is 11.8 Å². The lowest BCUT2D eigenvalue weighted by Crippen LogP contribution is -2.48. The highest BCUT2D eigenvalue weighted by molar-refractivity contribution is 6.30. The van der Waals surface area contributed by atoms with Gasteiger partial charge in [0.15, 0.2) is 0 Å². The Morgan fingerprint density at radius 2 is 1.97 bits per heavy atom. The van der Waals surface area contributed by atoms with E-state index in [9.17, 15) is 8.78 Å². The molecule has 5 rings (SSSR count). The van der Waals surface area contributed by atoms with Crippen molar-refractivity contribution in [2.75, 3.05) is 23.3 Å². The summed E-state index contributed by atoms with van der Waals surface area (Å²) >= 11 is 6.01. The third-order valence-electron chi connectivity index (χ3n) is 6.20. The average molecular weight is 476 g/mol. The summed E-state index contributed by atoms with van der Waals surface area (Å²) in [6.45, 7) is 3.06. The molecule has 33 heavy (non-hydrogen) atoms. The predicted molar refractivity (Wildman–Crippen MR) is 120 cm³/mol. The molecule has 2 aromatic heterocycles. The van der Waals surface area contributed by atoms with Crippen LogP contribution in [0.4, 0.5) is 20.5 Å². The van der Waals surface area contributed by atoms with Crippen LogP contribution in [0.2, 0.25) is 5.02 Å². The molecule has 1 saturated heterocycles. The van der Waals surface area contributed by atoms with Crippen molar-refractivity contribution < 1.29 is 13.5 Å². The van der Waals surface area contributed by atoms with E-state index < -0.39 is 13.0 Å². The number of hydrogen-bond acceptors (Lipinski definition) is 7. The lowest BCUT2D eigenvalue weighted by molar-refractivity contribution is 0.118. The minimum absolute atomic E-state index is 0.00121. The summed E-state index contributed by atoms with van der Waals surface area (Å²) < 4.78 is 33.1. The van der Waals surface area contributed by atoms with Gasteiger partial charge in [0.25, 0.3) is 6.43 Å². The topological polar surface area (TPSA) is 81.0 Å². The van der Waals surface area contributed by atoms with Crippen LogP contribution in [0.25, 0.3) is 0 Å². The summed E-state index contributed by atoms with van der Waals surface area (Å²) in [4.78, 5) is 15.3. The zero-order valence-corrected chi connectivity index (χ0v) is 18.8. The minimum Gasteiger partial charge on any atom is -0.424 e. The Morgan fingerprint density at radius 1 is 1.18 bits per heavy atom. The molecule has 2 aliphatic rings. The number of nitrogens with one attached hydrogen (secondary N) is 1. The monoisotopic (exact) mass is 475 g/mol. The van der Waals surface area contributed by atoms with E-state index in [0.29, 0.717) is 28.6 Å². The molecule has 1 saturated carbocycles. The van der Waals surface area contributed by atoms with Gasteiger partial charge in [-0.2, -0.15) is 4.98 Å². The summed E-state index contributed by atoms with van der Waals surface area (Å²) in [5.74, 6) is 2.39. The molecule has 2 bridgehead atoms. The highest BCUT2D eigenvalue weighted by Crippen LogP contribution is 2.40. The van der Waals surface area contributed by atoms with Crippen LogP contribution < -0.4 is 15.0 Å². The number of fused-ring (bicyclic) bond motifs is 2. The molecular formula is C22H24ClF2N7O. The quantitative estimate of drug-likeness (QED) is 0.542. The molecule has 1 aromatic carbocycles. The molecule has 11 heteroatoms. The highest BCUT2D eigenvalue weighted by Gasteiger charge is 2.43. The van der Waals surface area contributed by atoms with Crippen LogP contribution in [0.1, 0.15) is 18.5 Å². The van der Waals surface area contributed by atoms with Gasteiger partial charge >= 0.3 is 6.01 Å². The van der Waals surface area contributed by atoms with Gasteiger partial charge in [-0.25, -0.2) is 23.4 Å². The zero-order chi connectivity index (χ0) is 22.9. The predicted octanol–water partition coefficient (Wildman–Crippen LogP) is 4.41. The van der Waals surface area contributed by atoms with Crippen LogP contribution in [-0.2, 0) is 6.54 Å². The van der Waals surface area contributed by atoms with Crippen LogP contribution in [0.15, 0.2) is 36.7 Å². The van der Waals surface area contributed by atoms with Crippen molar-refractivity contribution in [1.82, 2.24) is 24.7 Å². The van der Waals surface area contributed by atoms with E-state index in [2.05, 4.69) is 30.3 Å². The Labute approximate surface area is 195 Å². The first-order valence-corrected chi connectivity index (χ1v) is 11.3. The smallest absolute Gasteiger partial charge is 0.322 e. The Balaban J connectivity index is 1.32. The molecule has 8 nitrogen and oxygen atoms in total. The van der Waals surface area contributed by atoms with Crippen molar-refractivity contribution in [3.05, 3.63) is 47.4 Å². The van der Waals surface area contributed by atoms with Gasteiger partial charge < -0.3 is 15.0 Å². The molecule has 2 atom stereocenters. The molecule has 1 aliphatic heterocycles. The maximum atomic E-state index is 13.1. The first kappa shape index (κ1) is 21.8. The number of benzene rings is 1. The van der Waals surface area contributed by atoms with Gasteiger partial charge in [-0.1, -0.05) is 17.7 Å². The number of nitrogens with zero attached hydrogens (tertiary/aromatic N) is 6. The maximum Gasteiger partial charge on any atom is 0.322 e. The normalized spacial score (nSPS) is 22.1. The summed E-state index contributed by atoms with van der Waals surface area (Å²) in [6.07, 6.45) is 1.16. The number of rotatable bonds is 7. The summed E-state index contributed by atoms with van der Waals surface area (Å²) in [5.41, 5.74) is 0.939. The van der Waals surface area contributed by atoms with Crippen LogP contribution in [0.3, 0.4) is 0 Å². The highest BCUT2D eigenvalue weighted by atomic mass is 35.5. The first-order valence-electron chi connectivity index (χ1n) is 10.9. The molecule has 3 aromatic rings. The van der Waals surface area contributed by atoms with Gasteiger partial charge in [0.1, 0.15) is 24.4 Å². The molecule has 3 heterocycles. The summed E-state index contributed by atoms with van der Waals surface area (Å²) in [7, 11) is 0. The molecule has 2 fully saturated rings. The van der Waals surface area contributed by atoms with E-state index in [4.69, 9.17) is 16.3 Å². The maximum absolute atomic E-state index is 13.1. The molecule has 0 amide bonds. The van der Waals surface area contributed by atoms with Gasteiger partial charge in [-0.3, -0.25) is 0 Å². The van der Waals surface area contributed by atoms with Crippen LogP contribution >= 0.6 is 11.6 Å². The van der Waals surface area contributed by atoms with Gasteiger partial charge in [-0.05, 0) is 49.8 Å². The average Bonchev–Trinajstić information content (AvgIpc) is 3.22. The molecule has 0 spiro atoms. The van der Waals surface area contributed by atoms with E-state index in [1.165, 1.54) is 0 Å². The van der Waals surface area contributed by atoms with Crippen molar-refractivity contribution in [2.45, 2.75) is 38.8 Å². The zero-order valence-electron chi connectivity index (χ0n) is 18.0. The van der Waals surface area contributed by atoms with E-state index >= 15 is 0 Å². The molecule has 1 N–H and O–H groups in total. The van der Waals surface area contributed by atoms with Crippen LogP contribution in [0, 0.1) is 18.8 Å². The number of halogens is 3. The number of hydrogen-bond donors (Lipinski definition) is 1. The van der Waals surface area contributed by atoms with Crippen molar-refractivity contribution in [3.63, 3.8) is 0 Å². The van der Waals surface area contributed by atoms with Crippen molar-refractivity contribution in [2.24, 2.45) is 11.8 Å². The Morgan fingerprint density at radius 3 is 2.67 bits per heavy atom. The largest absolute Gasteiger partial charge is 0.424 e. The Hall–Kier alpha value is -3.01. The van der Waals surface area contributed by atoms with Gasteiger partial charge in [0.2, 0.25) is 5.95 Å². The minimum atomic E-state index is -2.59. The Kier molecular flexibility index (Phi) is 6.01. The van der Waals surface area contributed by atoms with E-state index in [1.807, 2.05) is 13.0 Å². The Bertz CT molecular complexity index is 1110. The summed E-state index contributed by atoms with van der Waals surface area (Å²) in [5, 5.41) is 8.15. The fraction of sp³-hybridized carbons (Fsp3) is 0.455. The number of piperidine rings is 1. The van der Waals surface area contributed by atoms with Gasteiger partial charge in [0, 0.05) is 35.9 Å². The fourth-order valence-corrected chi connectivity index (χ4v) is 4.94. The van der Waals surface area contributed by atoms with Gasteiger partial charge in [0.05, 0.1) is 0 Å². The standard InChI is InChI=1S/C22H24ClF2N7O/c1-13-7-19(27-12-26-13)31-9-14-5-6-15(10-31)20(14)28-21-29-22(32(30-21)11-18(24)25)33-17-4-2-3-16(23)8-17/h2-4,7-8,12,14-15,18,20H,5-6,9-11H2,1H3,(H,28,30)/t14-,15-/m0/s1. The molecule has 1 aliphatic carbocycles. The number of aromatic nitrogens is 5. The third kappa shape index (κ3) is 4.85. The second-order valence-corrected chi connectivity index (χ2v) is 8.98. The number of ether oxygens (including phenoxy) is 1. The van der Waals surface area contributed by atoms with Crippen molar-refractivity contribution in [1.29, 1.82) is 0 Å². The van der Waals surface area contributed by atoms with Crippen LogP contribution in [-0.4, -0.2) is 50.3 Å². The van der Waals surface area contributed by atoms with E-state index in [1.54, 1.807) is 30.6 Å². The number of alkyl halides is 2. The SMILES string of the molecule is Cc1cc(N2C[C@@H]3CC[C@@H](C2)C3Nc2nc(Oc3cccc(Cl)c3)n(CC(F)F)n2)ncn1. The lowest BCUT2D eigenvalue weighted by Gasteiger charge is -2.38. The molecule has 0 radical (unpaired) electrons. The number of aryl methyl sites for hydroxylation is 1. The van der Waals surface area contributed by atoms with E-state index in [-0.39, 0.29) is 12.1 Å². The van der Waals surface area contributed by atoms with Crippen LogP contribution in [0.5, 0.6) is 11.8 Å². The molecule has 0 unspecified atom stereocenters. The second kappa shape index (κ2) is 9.09. The number of anilines is 2. The molecular weight excluding hydrogens is 452 g/mol. The lowest BCUT2D eigenvalue weighted by atomic mass is 9.92. The first-order chi connectivity index (χ1) is 15.9. The third-order valence-corrected chi connectivity index (χ3v) is 6.43. The molecule has 174 valence electrons. The second-order valence-electron chi connectivity index (χ2n) is 8.54. The summed E-state index contributed by atoms with van der Waals surface area (Å²) in [6, 6.07) is 8.87. The van der Waals surface area contributed by atoms with Gasteiger partial charge in [-0.15, -0.1) is 5.10 Å². The van der Waals surface area contributed by atoms with E-state index in [0.717, 1.165) is 42.1 Å². The fourth-order valence-electron chi connectivity index (χ4n) is 4.76. The van der Waals surface area contributed by atoms with Crippen molar-refractivity contribution >= 4 is 23.4 Å².